The van der Waals surface area contributed by atoms with Gasteiger partial charge in [0.1, 0.15) is 0 Å². The average molecular weight is 455 g/mol. The van der Waals surface area contributed by atoms with Crippen molar-refractivity contribution < 1.29 is 13.2 Å². The van der Waals surface area contributed by atoms with Crippen molar-refractivity contribution in [2.75, 3.05) is 18.4 Å². The summed E-state index contributed by atoms with van der Waals surface area (Å²) in [5, 5.41) is 3.47. The van der Waals surface area contributed by atoms with Crippen LogP contribution in [0, 0.1) is 5.92 Å². The fourth-order valence-corrected chi connectivity index (χ4v) is 5.18. The number of carbonyl (C=O) groups excluding carboxylic acids is 1. The zero-order chi connectivity index (χ0) is 21.2. The van der Waals surface area contributed by atoms with E-state index in [0.29, 0.717) is 47.6 Å². The molecule has 1 fully saturated rings. The van der Waals surface area contributed by atoms with Crippen LogP contribution in [0.5, 0.6) is 0 Å². The fourth-order valence-electron chi connectivity index (χ4n) is 3.37. The van der Waals surface area contributed by atoms with Crippen LogP contribution in [0.15, 0.2) is 47.4 Å². The molecule has 1 aliphatic heterocycles. The minimum Gasteiger partial charge on any atom is -0.324 e. The molecule has 0 aliphatic carbocycles. The van der Waals surface area contributed by atoms with Gasteiger partial charge in [-0.2, -0.15) is 4.31 Å². The van der Waals surface area contributed by atoms with Crippen LogP contribution in [0.4, 0.5) is 5.69 Å². The third-order valence-corrected chi connectivity index (χ3v) is 7.95. The first-order valence-electron chi connectivity index (χ1n) is 9.55. The van der Waals surface area contributed by atoms with Crippen molar-refractivity contribution in [3.8, 4) is 0 Å². The van der Waals surface area contributed by atoms with E-state index in [-0.39, 0.29) is 16.7 Å². The number of sulfonamides is 1. The van der Waals surface area contributed by atoms with E-state index in [2.05, 4.69) is 19.2 Å². The molecule has 2 aromatic rings. The van der Waals surface area contributed by atoms with Gasteiger partial charge in [-0.25, -0.2) is 8.42 Å². The van der Waals surface area contributed by atoms with E-state index in [1.54, 1.807) is 30.3 Å². The van der Waals surface area contributed by atoms with Crippen LogP contribution in [-0.2, 0) is 14.8 Å². The van der Waals surface area contributed by atoms with Crippen molar-refractivity contribution >= 4 is 44.8 Å². The van der Waals surface area contributed by atoms with Crippen LogP contribution >= 0.6 is 23.2 Å². The molecule has 0 bridgehead atoms. The third-order valence-electron chi connectivity index (χ3n) is 5.22. The van der Waals surface area contributed by atoms with Crippen LogP contribution in [0.25, 0.3) is 0 Å². The van der Waals surface area contributed by atoms with Crippen molar-refractivity contribution in [3.05, 3.63) is 58.1 Å². The van der Waals surface area contributed by atoms with Gasteiger partial charge in [-0.05, 0) is 48.6 Å². The van der Waals surface area contributed by atoms with E-state index < -0.39 is 10.0 Å². The summed E-state index contributed by atoms with van der Waals surface area (Å²) in [5.74, 6) is -0.110. The molecule has 0 aromatic heterocycles. The van der Waals surface area contributed by atoms with Gasteiger partial charge in [0, 0.05) is 19.0 Å². The molecule has 0 radical (unpaired) electrons. The van der Waals surface area contributed by atoms with Crippen LogP contribution in [0.3, 0.4) is 0 Å². The van der Waals surface area contributed by atoms with Crippen molar-refractivity contribution in [3.63, 3.8) is 0 Å². The molecule has 1 saturated heterocycles. The molecule has 29 heavy (non-hydrogen) atoms. The molecule has 3 rings (SSSR count). The fraction of sp³-hybridized carbons (Fsp3) is 0.381. The number of carbonyl (C=O) groups is 1. The lowest BCUT2D eigenvalue weighted by atomic mass is 9.97. The lowest BCUT2D eigenvalue weighted by Crippen LogP contribution is -2.41. The molecular formula is C21H24Cl2N2O3S. The van der Waals surface area contributed by atoms with Crippen LogP contribution in [0.1, 0.15) is 38.2 Å². The quantitative estimate of drug-likeness (QED) is 0.678. The van der Waals surface area contributed by atoms with Crippen molar-refractivity contribution in [1.82, 2.24) is 4.31 Å². The SMILES string of the molecule is CC(C)c1ccc(S(=O)(=O)N2CCC(C(=O)Nc3cccc(Cl)c3Cl)CC2)cc1. The number of piperidine rings is 1. The summed E-state index contributed by atoms with van der Waals surface area (Å²) in [6, 6.07) is 12.1. The van der Waals surface area contributed by atoms with Gasteiger partial charge in [0.25, 0.3) is 0 Å². The highest BCUT2D eigenvalue weighted by Gasteiger charge is 2.32. The van der Waals surface area contributed by atoms with Gasteiger partial charge in [0.2, 0.25) is 15.9 Å². The summed E-state index contributed by atoms with van der Waals surface area (Å²) in [5.41, 5.74) is 1.56. The Morgan fingerprint density at radius 1 is 1.07 bits per heavy atom. The summed E-state index contributed by atoms with van der Waals surface area (Å²) < 4.78 is 27.3. The second-order valence-electron chi connectivity index (χ2n) is 7.49. The number of anilines is 1. The molecule has 1 amide bonds. The predicted molar refractivity (Wildman–Crippen MR) is 117 cm³/mol. The zero-order valence-corrected chi connectivity index (χ0v) is 18.7. The largest absolute Gasteiger partial charge is 0.324 e. The normalized spacial score (nSPS) is 16.2. The minimum absolute atomic E-state index is 0.174. The maximum absolute atomic E-state index is 12.9. The van der Waals surface area contributed by atoms with E-state index in [1.807, 2.05) is 12.1 Å². The zero-order valence-electron chi connectivity index (χ0n) is 16.4. The van der Waals surface area contributed by atoms with E-state index in [4.69, 9.17) is 23.2 Å². The molecular weight excluding hydrogens is 431 g/mol. The van der Waals surface area contributed by atoms with Gasteiger partial charge in [-0.15, -0.1) is 0 Å². The summed E-state index contributed by atoms with van der Waals surface area (Å²) in [6.07, 6.45) is 0.903. The smallest absolute Gasteiger partial charge is 0.243 e. The summed E-state index contributed by atoms with van der Waals surface area (Å²) in [6.45, 7) is 4.73. The van der Waals surface area contributed by atoms with E-state index in [0.717, 1.165) is 5.56 Å². The Balaban J connectivity index is 1.63. The monoisotopic (exact) mass is 454 g/mol. The molecule has 156 valence electrons. The minimum atomic E-state index is -3.56. The maximum Gasteiger partial charge on any atom is 0.243 e. The third kappa shape index (κ3) is 4.94. The summed E-state index contributed by atoms with van der Waals surface area (Å²) >= 11 is 12.1. The van der Waals surface area contributed by atoms with Crippen LogP contribution in [0.2, 0.25) is 10.0 Å². The Labute approximate surface area is 182 Å². The van der Waals surface area contributed by atoms with Gasteiger partial charge >= 0.3 is 0 Å². The molecule has 0 saturated carbocycles. The number of rotatable bonds is 5. The number of hydrogen-bond acceptors (Lipinski definition) is 3. The lowest BCUT2D eigenvalue weighted by molar-refractivity contribution is -0.120. The first kappa shape index (κ1) is 22.1. The molecule has 0 atom stereocenters. The van der Waals surface area contributed by atoms with Gasteiger partial charge in [0.05, 0.1) is 20.6 Å². The van der Waals surface area contributed by atoms with E-state index in [9.17, 15) is 13.2 Å². The highest BCUT2D eigenvalue weighted by Crippen LogP contribution is 2.31. The molecule has 0 spiro atoms. The second-order valence-corrected chi connectivity index (χ2v) is 10.2. The average Bonchev–Trinajstić information content (AvgIpc) is 2.71. The van der Waals surface area contributed by atoms with Crippen molar-refractivity contribution in [2.24, 2.45) is 5.92 Å². The second kappa shape index (κ2) is 9.04. The Hall–Kier alpha value is -1.60. The highest BCUT2D eigenvalue weighted by atomic mass is 35.5. The first-order chi connectivity index (χ1) is 13.7. The van der Waals surface area contributed by atoms with Gasteiger partial charge < -0.3 is 5.32 Å². The van der Waals surface area contributed by atoms with Crippen molar-refractivity contribution in [2.45, 2.75) is 37.5 Å². The van der Waals surface area contributed by atoms with Crippen molar-refractivity contribution in [1.29, 1.82) is 0 Å². The molecule has 0 unspecified atom stereocenters. The number of nitrogens with zero attached hydrogens (tertiary/aromatic N) is 1. The Bertz CT molecular complexity index is 983. The molecule has 1 N–H and O–H groups in total. The Morgan fingerprint density at radius 3 is 2.28 bits per heavy atom. The lowest BCUT2D eigenvalue weighted by Gasteiger charge is -2.30. The topological polar surface area (TPSA) is 66.5 Å². The molecule has 8 heteroatoms. The van der Waals surface area contributed by atoms with Gasteiger partial charge in [-0.1, -0.05) is 55.2 Å². The Morgan fingerprint density at radius 2 is 1.69 bits per heavy atom. The Kier molecular flexibility index (Phi) is 6.89. The summed E-state index contributed by atoms with van der Waals surface area (Å²) in [4.78, 5) is 12.9. The van der Waals surface area contributed by atoms with Gasteiger partial charge in [-0.3, -0.25) is 4.79 Å². The molecule has 2 aromatic carbocycles. The summed E-state index contributed by atoms with van der Waals surface area (Å²) in [7, 11) is -3.56. The maximum atomic E-state index is 12.9. The van der Waals surface area contributed by atoms with E-state index >= 15 is 0 Å². The molecule has 1 aliphatic rings. The van der Waals surface area contributed by atoms with Crippen LogP contribution in [-0.4, -0.2) is 31.7 Å². The number of halogens is 2. The predicted octanol–water partition coefficient (Wildman–Crippen LogP) is 5.16. The number of amides is 1. The highest BCUT2D eigenvalue weighted by molar-refractivity contribution is 7.89. The number of nitrogens with one attached hydrogen (secondary N) is 1. The van der Waals surface area contributed by atoms with E-state index in [1.165, 1.54) is 4.31 Å². The van der Waals surface area contributed by atoms with Gasteiger partial charge in [0.15, 0.2) is 0 Å². The number of benzene rings is 2. The molecule has 1 heterocycles. The first-order valence-corrected chi connectivity index (χ1v) is 11.7. The molecule has 5 nitrogen and oxygen atoms in total. The number of hydrogen-bond donors (Lipinski definition) is 1. The standard InChI is InChI=1S/C21H24Cl2N2O3S/c1-14(2)15-6-8-17(9-7-15)29(27,28)25-12-10-16(11-13-25)21(26)24-19-5-3-4-18(22)20(19)23/h3-9,14,16H,10-13H2,1-2H3,(H,24,26). The van der Waals surface area contributed by atoms with Crippen LogP contribution < -0.4 is 5.32 Å².